The normalized spacial score (nSPS) is 19.8. The molecule has 0 spiro atoms. The van der Waals surface area contributed by atoms with Crippen LogP contribution in [-0.2, 0) is 24.3 Å². The molecule has 25 heavy (non-hydrogen) atoms. The maximum Gasteiger partial charge on any atom is 0.228 e. The first-order valence-electron chi connectivity index (χ1n) is 9.32. The molecule has 2 aliphatic heterocycles. The standard InChI is InChI=1S/C19H23N5O/c25-18(23-10-7-14-3-1-2-4-16(14)23)8-9-22-11-12-24-17(13-22)20-21-19(24)15-5-6-15/h1-4,15H,5-13H2. The molecule has 1 amide bonds. The monoisotopic (exact) mass is 337 g/mol. The highest BCUT2D eigenvalue weighted by Crippen LogP contribution is 2.39. The van der Waals surface area contributed by atoms with E-state index in [4.69, 9.17) is 0 Å². The maximum absolute atomic E-state index is 12.7. The van der Waals surface area contributed by atoms with Gasteiger partial charge < -0.3 is 9.47 Å². The lowest BCUT2D eigenvalue weighted by Gasteiger charge is -2.28. The van der Waals surface area contributed by atoms with E-state index in [9.17, 15) is 4.79 Å². The molecule has 5 rings (SSSR count). The summed E-state index contributed by atoms with van der Waals surface area (Å²) in [4.78, 5) is 16.9. The SMILES string of the molecule is O=C(CCN1CCn2c(nnc2C2CC2)C1)N1CCc2ccccc21. The molecule has 0 bridgehead atoms. The summed E-state index contributed by atoms with van der Waals surface area (Å²) < 4.78 is 2.30. The van der Waals surface area contributed by atoms with Gasteiger partial charge in [0.1, 0.15) is 11.6 Å². The van der Waals surface area contributed by atoms with E-state index in [0.717, 1.165) is 50.7 Å². The topological polar surface area (TPSA) is 54.3 Å². The van der Waals surface area contributed by atoms with Crippen LogP contribution in [-0.4, -0.2) is 45.2 Å². The zero-order chi connectivity index (χ0) is 16.8. The number of fused-ring (bicyclic) bond motifs is 2. The highest BCUT2D eigenvalue weighted by Gasteiger charge is 2.32. The first-order chi connectivity index (χ1) is 12.3. The Labute approximate surface area is 147 Å². The zero-order valence-electron chi connectivity index (χ0n) is 14.4. The quantitative estimate of drug-likeness (QED) is 0.856. The van der Waals surface area contributed by atoms with E-state index < -0.39 is 0 Å². The number of rotatable bonds is 4. The first kappa shape index (κ1) is 15.1. The van der Waals surface area contributed by atoms with Crippen molar-refractivity contribution in [2.45, 2.75) is 44.7 Å². The van der Waals surface area contributed by atoms with Gasteiger partial charge in [-0.15, -0.1) is 10.2 Å². The lowest BCUT2D eigenvalue weighted by Crippen LogP contribution is -2.38. The Balaban J connectivity index is 1.20. The minimum Gasteiger partial charge on any atom is -0.312 e. The van der Waals surface area contributed by atoms with E-state index in [2.05, 4.69) is 31.8 Å². The molecule has 0 radical (unpaired) electrons. The molecule has 2 aromatic rings. The van der Waals surface area contributed by atoms with E-state index in [1.807, 2.05) is 17.0 Å². The molecule has 0 atom stereocenters. The van der Waals surface area contributed by atoms with Gasteiger partial charge >= 0.3 is 0 Å². The van der Waals surface area contributed by atoms with Crippen LogP contribution in [0.25, 0.3) is 0 Å². The second kappa shape index (κ2) is 5.95. The van der Waals surface area contributed by atoms with Crippen LogP contribution in [0.3, 0.4) is 0 Å². The Morgan fingerprint density at radius 3 is 2.88 bits per heavy atom. The molecule has 0 saturated heterocycles. The number of nitrogens with zero attached hydrogens (tertiary/aromatic N) is 5. The number of hydrogen-bond acceptors (Lipinski definition) is 4. The molecular formula is C19H23N5O. The highest BCUT2D eigenvalue weighted by molar-refractivity contribution is 5.95. The van der Waals surface area contributed by atoms with Crippen LogP contribution in [0.2, 0.25) is 0 Å². The summed E-state index contributed by atoms with van der Waals surface area (Å²) in [6, 6.07) is 8.24. The number of carbonyl (C=O) groups is 1. The van der Waals surface area contributed by atoms with Gasteiger partial charge in [-0.3, -0.25) is 9.69 Å². The number of aromatic nitrogens is 3. The fourth-order valence-corrected chi connectivity index (χ4v) is 4.05. The average Bonchev–Trinajstić information content (AvgIpc) is 3.25. The summed E-state index contributed by atoms with van der Waals surface area (Å²) in [6.07, 6.45) is 4.05. The van der Waals surface area contributed by atoms with Gasteiger partial charge in [-0.2, -0.15) is 0 Å². The molecule has 0 unspecified atom stereocenters. The maximum atomic E-state index is 12.7. The van der Waals surface area contributed by atoms with Crippen LogP contribution in [0, 0.1) is 0 Å². The number of anilines is 1. The van der Waals surface area contributed by atoms with E-state index in [0.29, 0.717) is 12.3 Å². The molecule has 1 aliphatic carbocycles. The van der Waals surface area contributed by atoms with Gasteiger partial charge in [-0.25, -0.2) is 0 Å². The van der Waals surface area contributed by atoms with Gasteiger partial charge in [0.15, 0.2) is 0 Å². The molecule has 6 heteroatoms. The summed E-state index contributed by atoms with van der Waals surface area (Å²) in [5.74, 6) is 3.12. The van der Waals surface area contributed by atoms with E-state index >= 15 is 0 Å². The van der Waals surface area contributed by atoms with Crippen LogP contribution in [0.4, 0.5) is 5.69 Å². The van der Waals surface area contributed by atoms with Gasteiger partial charge in [-0.1, -0.05) is 18.2 Å². The van der Waals surface area contributed by atoms with Crippen molar-refractivity contribution in [2.75, 3.05) is 24.5 Å². The van der Waals surface area contributed by atoms with Crippen LogP contribution < -0.4 is 4.90 Å². The Hall–Kier alpha value is -2.21. The van der Waals surface area contributed by atoms with Gasteiger partial charge in [0.25, 0.3) is 0 Å². The number of hydrogen-bond donors (Lipinski definition) is 0. The summed E-state index contributed by atoms with van der Waals surface area (Å²) in [5.41, 5.74) is 2.38. The Morgan fingerprint density at radius 2 is 2.00 bits per heavy atom. The number of carbonyl (C=O) groups excluding carboxylic acids is 1. The van der Waals surface area contributed by atoms with E-state index in [1.54, 1.807) is 0 Å². The van der Waals surface area contributed by atoms with Crippen molar-refractivity contribution in [1.82, 2.24) is 19.7 Å². The number of benzene rings is 1. The first-order valence-corrected chi connectivity index (χ1v) is 9.32. The van der Waals surface area contributed by atoms with Crippen molar-refractivity contribution in [3.8, 4) is 0 Å². The van der Waals surface area contributed by atoms with Crippen molar-refractivity contribution in [1.29, 1.82) is 0 Å². The summed E-state index contributed by atoms with van der Waals surface area (Å²) in [6.45, 7) is 4.35. The summed E-state index contributed by atoms with van der Waals surface area (Å²) >= 11 is 0. The molecule has 0 N–H and O–H groups in total. The summed E-state index contributed by atoms with van der Waals surface area (Å²) in [7, 11) is 0. The second-order valence-electron chi connectivity index (χ2n) is 7.35. The van der Waals surface area contributed by atoms with Crippen LogP contribution >= 0.6 is 0 Å². The van der Waals surface area contributed by atoms with Gasteiger partial charge in [0, 0.05) is 44.2 Å². The van der Waals surface area contributed by atoms with Crippen molar-refractivity contribution < 1.29 is 4.79 Å². The summed E-state index contributed by atoms with van der Waals surface area (Å²) in [5, 5.41) is 8.77. The predicted molar refractivity (Wildman–Crippen MR) is 94.4 cm³/mol. The number of para-hydroxylation sites is 1. The van der Waals surface area contributed by atoms with Crippen molar-refractivity contribution in [3.63, 3.8) is 0 Å². The molecule has 1 fully saturated rings. The third kappa shape index (κ3) is 2.74. The highest BCUT2D eigenvalue weighted by atomic mass is 16.2. The molecule has 1 aromatic heterocycles. The van der Waals surface area contributed by atoms with Crippen LogP contribution in [0.5, 0.6) is 0 Å². The molecule has 1 aromatic carbocycles. The van der Waals surface area contributed by atoms with Crippen molar-refractivity contribution in [2.24, 2.45) is 0 Å². The lowest BCUT2D eigenvalue weighted by atomic mass is 10.2. The van der Waals surface area contributed by atoms with Gasteiger partial charge in [0.2, 0.25) is 5.91 Å². The van der Waals surface area contributed by atoms with Crippen LogP contribution in [0.1, 0.15) is 42.4 Å². The third-order valence-corrected chi connectivity index (χ3v) is 5.63. The zero-order valence-corrected chi connectivity index (χ0v) is 14.4. The van der Waals surface area contributed by atoms with Crippen LogP contribution in [0.15, 0.2) is 24.3 Å². The van der Waals surface area contributed by atoms with Crippen molar-refractivity contribution in [3.05, 3.63) is 41.5 Å². The Bertz CT molecular complexity index is 810. The molecule has 3 aliphatic rings. The Kier molecular flexibility index (Phi) is 3.59. The molecule has 3 heterocycles. The predicted octanol–water partition coefficient (Wildman–Crippen LogP) is 1.95. The van der Waals surface area contributed by atoms with Gasteiger partial charge in [-0.05, 0) is 30.9 Å². The van der Waals surface area contributed by atoms with E-state index in [1.165, 1.54) is 24.2 Å². The van der Waals surface area contributed by atoms with E-state index in [-0.39, 0.29) is 5.91 Å². The molecular weight excluding hydrogens is 314 g/mol. The minimum absolute atomic E-state index is 0.232. The third-order valence-electron chi connectivity index (χ3n) is 5.63. The van der Waals surface area contributed by atoms with Crippen molar-refractivity contribution >= 4 is 11.6 Å². The lowest BCUT2D eigenvalue weighted by molar-refractivity contribution is -0.118. The molecule has 6 nitrogen and oxygen atoms in total. The second-order valence-corrected chi connectivity index (χ2v) is 7.35. The minimum atomic E-state index is 0.232. The van der Waals surface area contributed by atoms with Gasteiger partial charge in [0.05, 0.1) is 6.54 Å². The Morgan fingerprint density at radius 1 is 1.12 bits per heavy atom. The smallest absolute Gasteiger partial charge is 0.228 e. The fraction of sp³-hybridized carbons (Fsp3) is 0.526. The largest absolute Gasteiger partial charge is 0.312 e. The number of amides is 1. The average molecular weight is 337 g/mol. The fourth-order valence-electron chi connectivity index (χ4n) is 4.05. The molecule has 130 valence electrons. The molecule has 1 saturated carbocycles.